The number of ether oxygens (including phenoxy) is 1. The Kier molecular flexibility index (Phi) is 4.52. The molecule has 27 heavy (non-hydrogen) atoms. The Hall–Kier alpha value is -3.86. The van der Waals surface area contributed by atoms with Crippen molar-refractivity contribution in [2.45, 2.75) is 6.92 Å². The number of rotatable bonds is 4. The van der Waals surface area contributed by atoms with Gasteiger partial charge in [0.25, 0.3) is 5.56 Å². The maximum absolute atomic E-state index is 12.4. The molecule has 2 N–H and O–H groups in total. The first-order chi connectivity index (χ1) is 12.6. The van der Waals surface area contributed by atoms with E-state index in [2.05, 4.69) is 22.2 Å². The largest absolute Gasteiger partial charge is 0.496 e. The van der Waals surface area contributed by atoms with Gasteiger partial charge < -0.3 is 22.0 Å². The van der Waals surface area contributed by atoms with Crippen LogP contribution >= 0.6 is 11.3 Å². The van der Waals surface area contributed by atoms with Gasteiger partial charge in [-0.05, 0) is 42.1 Å². The molecule has 3 heterocycles. The number of benzene rings is 1. The number of fused-ring (bicyclic) bond motifs is 3. The van der Waals surface area contributed by atoms with Crippen LogP contribution in [0, 0.1) is 13.8 Å². The second-order valence-corrected chi connectivity index (χ2v) is 6.91. The number of hydrogen-bond acceptors (Lipinski definition) is 5. The predicted molar refractivity (Wildman–Crippen MR) is 108 cm³/mol. The minimum atomic E-state index is -0.0603. The van der Waals surface area contributed by atoms with Gasteiger partial charge in [0.05, 0.1) is 12.6 Å². The molecule has 5 nitrogen and oxygen atoms in total. The van der Waals surface area contributed by atoms with Crippen LogP contribution in [-0.2, 0) is 0 Å². The SMILES string of the molecule is [CH2-]CNc1ccc(-c2c(OC)cc(C)c3[nH]c(=O)c4sccc4c23)cn1.[Fm]. The Morgan fingerprint density at radius 1 is 1.33 bits per heavy atom. The normalized spacial score (nSPS) is 10.8. The molecular weight excluding hydrogens is 603 g/mol. The Balaban J connectivity index is 0.00000210. The molecule has 144 valence electrons. The molecule has 0 aliphatic heterocycles. The average molecular weight is 621 g/mol. The van der Waals surface area contributed by atoms with Gasteiger partial charge in [-0.3, -0.25) is 4.79 Å². The number of nitrogens with zero attached hydrogens (tertiary/aromatic N) is 1. The van der Waals surface area contributed by atoms with Gasteiger partial charge in [-0.2, -0.15) is 0 Å². The summed E-state index contributed by atoms with van der Waals surface area (Å²) in [6.07, 6.45) is 1.81. The van der Waals surface area contributed by atoms with Crippen LogP contribution < -0.4 is 15.6 Å². The summed E-state index contributed by atoms with van der Waals surface area (Å²) in [7, 11) is 1.66. The minimum Gasteiger partial charge on any atom is -0.496 e. The Morgan fingerprint density at radius 3 is 2.81 bits per heavy atom. The Morgan fingerprint density at radius 2 is 2.15 bits per heavy atom. The number of hydrogen-bond donors (Lipinski definition) is 2. The van der Waals surface area contributed by atoms with Gasteiger partial charge in [0.2, 0.25) is 0 Å². The van der Waals surface area contributed by atoms with Crippen molar-refractivity contribution in [1.29, 1.82) is 0 Å². The van der Waals surface area contributed by atoms with Crippen molar-refractivity contribution in [1.82, 2.24) is 9.97 Å². The van der Waals surface area contributed by atoms with E-state index in [1.807, 2.05) is 42.8 Å². The van der Waals surface area contributed by atoms with Crippen molar-refractivity contribution in [2.24, 2.45) is 0 Å². The molecule has 0 radical (unpaired) electrons. The third-order valence-electron chi connectivity index (χ3n) is 4.45. The first kappa shape index (κ1) is 17.9. The van der Waals surface area contributed by atoms with Crippen LogP contribution in [0.15, 0.2) is 40.6 Å². The average Bonchev–Trinajstić information content (AvgIpc) is 3.14. The molecule has 0 saturated carbocycles. The van der Waals surface area contributed by atoms with Crippen molar-refractivity contribution >= 4 is 38.1 Å². The standard InChI is InChI=1S/C20H18N3O2S.Fm/c1-4-21-15-6-5-12(10-22-15)16-14(25-3)9-11(2)18-17(16)13-7-8-26-19(13)20(24)23-18;/h5-10H,1,4H2,2-3H3,(H,21,22)(H,23,24);/q-1;. The monoisotopic (exact) mass is 621 g/mol. The maximum atomic E-state index is 12.4. The molecule has 3 aromatic heterocycles. The molecule has 4 rings (SSSR count). The minimum absolute atomic E-state index is 0. The molecule has 0 atom stereocenters. The van der Waals surface area contributed by atoms with Crippen molar-refractivity contribution in [3.8, 4) is 16.9 Å². The number of anilines is 1. The van der Waals surface area contributed by atoms with Crippen molar-refractivity contribution in [3.63, 3.8) is 0 Å². The zero-order valence-electron chi connectivity index (χ0n) is 14.8. The molecule has 4 aromatic rings. The molecule has 1 aromatic carbocycles. The van der Waals surface area contributed by atoms with Gasteiger partial charge in [-0.25, -0.2) is 4.98 Å². The molecule has 0 unspecified atom stereocenters. The van der Waals surface area contributed by atoms with Crippen LogP contribution in [0.25, 0.3) is 32.1 Å². The summed E-state index contributed by atoms with van der Waals surface area (Å²) in [4.78, 5) is 19.9. The molecule has 0 fully saturated rings. The smallest absolute Gasteiger partial charge is 0.266 e. The molecule has 0 saturated heterocycles. The van der Waals surface area contributed by atoms with E-state index in [9.17, 15) is 4.79 Å². The quantitative estimate of drug-likeness (QED) is 0.333. The fraction of sp³-hybridized carbons (Fsp3) is 0.150. The third kappa shape index (κ3) is 2.75. The molecule has 7 heteroatoms. The van der Waals surface area contributed by atoms with Crippen molar-refractivity contribution in [2.75, 3.05) is 19.0 Å². The van der Waals surface area contributed by atoms with Gasteiger partial charge in [0.15, 0.2) is 0 Å². The summed E-state index contributed by atoms with van der Waals surface area (Å²) in [5, 5.41) is 6.96. The number of H-pyrrole nitrogens is 1. The number of pyridine rings is 2. The summed E-state index contributed by atoms with van der Waals surface area (Å²) >= 11 is 1.44. The summed E-state index contributed by atoms with van der Waals surface area (Å²) < 4.78 is 6.40. The van der Waals surface area contributed by atoms with E-state index in [1.54, 1.807) is 7.11 Å². The van der Waals surface area contributed by atoms with E-state index >= 15 is 0 Å². The molecular formula is C20H18FmN3O2S-. The molecule has 0 aliphatic rings. The topological polar surface area (TPSA) is 67.0 Å². The fourth-order valence-electron chi connectivity index (χ4n) is 3.29. The van der Waals surface area contributed by atoms with Gasteiger partial charge in [0.1, 0.15) is 16.3 Å². The number of nitrogens with one attached hydrogen (secondary N) is 2. The number of aromatic nitrogens is 2. The Bertz CT molecular complexity index is 1170. The number of thiophene rings is 1. The van der Waals surface area contributed by atoms with E-state index < -0.39 is 0 Å². The number of aromatic amines is 1. The summed E-state index contributed by atoms with van der Waals surface area (Å²) in [6.45, 7) is 6.32. The van der Waals surface area contributed by atoms with E-state index in [4.69, 9.17) is 4.74 Å². The second kappa shape index (κ2) is 6.80. The van der Waals surface area contributed by atoms with Gasteiger partial charge in [-0.1, -0.05) is 0 Å². The molecule has 0 amide bonds. The van der Waals surface area contributed by atoms with Crippen LogP contribution in [0.1, 0.15) is 5.56 Å². The molecule has 0 aliphatic carbocycles. The number of methoxy groups -OCH3 is 1. The van der Waals surface area contributed by atoms with E-state index in [0.29, 0.717) is 6.54 Å². The first-order valence-corrected chi connectivity index (χ1v) is 9.12. The molecule has 0 bridgehead atoms. The Labute approximate surface area is 154 Å². The summed E-state index contributed by atoms with van der Waals surface area (Å²) in [5.41, 5.74) is 3.60. The number of aryl methyl sites for hydroxylation is 1. The van der Waals surface area contributed by atoms with Gasteiger partial charge >= 0.3 is 0 Å². The van der Waals surface area contributed by atoms with Gasteiger partial charge in [0, 0.05) is 28.1 Å². The van der Waals surface area contributed by atoms with E-state index in [-0.39, 0.29) is 5.56 Å². The summed E-state index contributed by atoms with van der Waals surface area (Å²) in [5.74, 6) is 1.53. The third-order valence-corrected chi connectivity index (χ3v) is 5.36. The van der Waals surface area contributed by atoms with Crippen LogP contribution in [0.5, 0.6) is 5.75 Å². The maximum Gasteiger partial charge on any atom is 0.266 e. The van der Waals surface area contributed by atoms with E-state index in [1.165, 1.54) is 11.3 Å². The van der Waals surface area contributed by atoms with Crippen LogP contribution in [0.2, 0.25) is 0 Å². The molecule has 0 spiro atoms. The first-order valence-electron chi connectivity index (χ1n) is 8.24. The fourth-order valence-corrected chi connectivity index (χ4v) is 4.09. The summed E-state index contributed by atoms with van der Waals surface area (Å²) in [6, 6.07) is 7.86. The zero-order valence-corrected chi connectivity index (χ0v) is 18.1. The van der Waals surface area contributed by atoms with Crippen LogP contribution in [0.4, 0.5) is 5.82 Å². The van der Waals surface area contributed by atoms with Crippen LogP contribution in [0.3, 0.4) is 0 Å². The zero-order chi connectivity index (χ0) is 18.3. The predicted octanol–water partition coefficient (Wildman–Crippen LogP) is 4.37. The van der Waals surface area contributed by atoms with Crippen molar-refractivity contribution in [3.05, 3.63) is 58.7 Å². The second-order valence-electron chi connectivity index (χ2n) is 6.00. The van der Waals surface area contributed by atoms with Gasteiger partial charge in [-0.15, -0.1) is 17.9 Å². The van der Waals surface area contributed by atoms with Crippen LogP contribution in [-0.4, -0.2) is 23.6 Å². The van der Waals surface area contributed by atoms with E-state index in [0.717, 1.165) is 49.2 Å². The van der Waals surface area contributed by atoms with Crippen molar-refractivity contribution < 1.29 is 4.74 Å².